The van der Waals surface area contributed by atoms with Crippen LogP contribution in [0.5, 0.6) is 0 Å². The van der Waals surface area contributed by atoms with Crippen molar-refractivity contribution >= 4 is 17.5 Å². The van der Waals surface area contributed by atoms with Gasteiger partial charge in [-0.15, -0.1) is 0 Å². The van der Waals surface area contributed by atoms with E-state index in [9.17, 15) is 9.59 Å². The highest BCUT2D eigenvalue weighted by Crippen LogP contribution is 2.11. The van der Waals surface area contributed by atoms with Crippen molar-refractivity contribution in [2.45, 2.75) is 26.8 Å². The molecule has 0 aliphatic carbocycles. The lowest BCUT2D eigenvalue weighted by Crippen LogP contribution is -2.31. The summed E-state index contributed by atoms with van der Waals surface area (Å²) in [6.07, 6.45) is 0.278. The van der Waals surface area contributed by atoms with E-state index in [1.54, 1.807) is 4.90 Å². The monoisotopic (exact) mass is 310 g/mol. The SMILES string of the molecule is CC(=O)N(CCC(=O)Nc1ccccc1)Cc1ccccc1C. The van der Waals surface area contributed by atoms with Gasteiger partial charge in [-0.3, -0.25) is 9.59 Å². The number of carbonyl (C=O) groups is 2. The minimum atomic E-state index is -0.0905. The summed E-state index contributed by atoms with van der Waals surface area (Å²) in [7, 11) is 0. The predicted octanol–water partition coefficient (Wildman–Crippen LogP) is 3.37. The molecule has 0 radical (unpaired) electrons. The van der Waals surface area contributed by atoms with E-state index in [2.05, 4.69) is 5.32 Å². The van der Waals surface area contributed by atoms with E-state index in [1.807, 2.05) is 61.5 Å². The van der Waals surface area contributed by atoms with Crippen LogP contribution in [0.2, 0.25) is 0 Å². The van der Waals surface area contributed by atoms with Gasteiger partial charge in [-0.25, -0.2) is 0 Å². The van der Waals surface area contributed by atoms with Crippen LogP contribution in [0.15, 0.2) is 54.6 Å². The van der Waals surface area contributed by atoms with E-state index >= 15 is 0 Å². The van der Waals surface area contributed by atoms with Gasteiger partial charge >= 0.3 is 0 Å². The topological polar surface area (TPSA) is 49.4 Å². The van der Waals surface area contributed by atoms with Crippen LogP contribution < -0.4 is 5.32 Å². The molecule has 4 heteroatoms. The predicted molar refractivity (Wildman–Crippen MR) is 92.0 cm³/mol. The molecule has 2 amide bonds. The van der Waals surface area contributed by atoms with E-state index < -0.39 is 0 Å². The Labute approximate surface area is 137 Å². The van der Waals surface area contributed by atoms with E-state index in [1.165, 1.54) is 6.92 Å². The van der Waals surface area contributed by atoms with Crippen LogP contribution in [0.25, 0.3) is 0 Å². The molecule has 23 heavy (non-hydrogen) atoms. The van der Waals surface area contributed by atoms with Crippen LogP contribution in [0.4, 0.5) is 5.69 Å². The molecule has 0 heterocycles. The highest BCUT2D eigenvalue weighted by atomic mass is 16.2. The Morgan fingerprint density at radius 2 is 1.65 bits per heavy atom. The zero-order chi connectivity index (χ0) is 16.7. The molecule has 0 unspecified atom stereocenters. The number of carbonyl (C=O) groups excluding carboxylic acids is 2. The van der Waals surface area contributed by atoms with Crippen molar-refractivity contribution in [3.05, 3.63) is 65.7 Å². The van der Waals surface area contributed by atoms with Crippen molar-refractivity contribution in [2.24, 2.45) is 0 Å². The molecule has 120 valence electrons. The highest BCUT2D eigenvalue weighted by molar-refractivity contribution is 5.91. The van der Waals surface area contributed by atoms with Gasteiger partial charge in [0.2, 0.25) is 11.8 Å². The lowest BCUT2D eigenvalue weighted by atomic mass is 10.1. The fraction of sp³-hybridized carbons (Fsp3) is 0.263. The fourth-order valence-electron chi connectivity index (χ4n) is 2.32. The number of benzene rings is 2. The first-order chi connectivity index (χ1) is 11.1. The van der Waals surface area contributed by atoms with Crippen LogP contribution in [0.3, 0.4) is 0 Å². The number of anilines is 1. The first-order valence-electron chi connectivity index (χ1n) is 7.71. The molecular formula is C19H22N2O2. The average molecular weight is 310 g/mol. The van der Waals surface area contributed by atoms with E-state index in [-0.39, 0.29) is 18.2 Å². The van der Waals surface area contributed by atoms with Crippen LogP contribution in [-0.4, -0.2) is 23.3 Å². The molecule has 0 spiro atoms. The summed E-state index contributed by atoms with van der Waals surface area (Å²) in [5.41, 5.74) is 3.02. The summed E-state index contributed by atoms with van der Waals surface area (Å²) in [5, 5.41) is 2.83. The van der Waals surface area contributed by atoms with Gasteiger partial charge in [-0.2, -0.15) is 0 Å². The molecule has 0 saturated carbocycles. The summed E-state index contributed by atoms with van der Waals surface area (Å²) in [6, 6.07) is 17.3. The van der Waals surface area contributed by atoms with Crippen molar-refractivity contribution in [1.29, 1.82) is 0 Å². The van der Waals surface area contributed by atoms with Gasteiger partial charge in [0.1, 0.15) is 0 Å². The summed E-state index contributed by atoms with van der Waals surface area (Å²) < 4.78 is 0. The van der Waals surface area contributed by atoms with Gasteiger partial charge < -0.3 is 10.2 Å². The van der Waals surface area contributed by atoms with Gasteiger partial charge in [-0.05, 0) is 30.2 Å². The zero-order valence-electron chi connectivity index (χ0n) is 13.6. The van der Waals surface area contributed by atoms with Crippen molar-refractivity contribution < 1.29 is 9.59 Å². The number of hydrogen-bond acceptors (Lipinski definition) is 2. The smallest absolute Gasteiger partial charge is 0.226 e. The first kappa shape index (κ1) is 16.7. The molecule has 4 nitrogen and oxygen atoms in total. The van der Waals surface area contributed by atoms with E-state index in [4.69, 9.17) is 0 Å². The Kier molecular flexibility index (Phi) is 5.92. The second-order valence-electron chi connectivity index (χ2n) is 5.53. The second-order valence-corrected chi connectivity index (χ2v) is 5.53. The molecular weight excluding hydrogens is 288 g/mol. The average Bonchev–Trinajstić information content (AvgIpc) is 2.53. The maximum Gasteiger partial charge on any atom is 0.226 e. The Hall–Kier alpha value is -2.62. The normalized spacial score (nSPS) is 10.2. The van der Waals surface area contributed by atoms with Crippen LogP contribution in [0.1, 0.15) is 24.5 Å². The standard InChI is InChI=1S/C19H22N2O2/c1-15-8-6-7-9-17(15)14-21(16(2)22)13-12-19(23)20-18-10-4-3-5-11-18/h3-11H,12-14H2,1-2H3,(H,20,23). The molecule has 0 atom stereocenters. The highest BCUT2D eigenvalue weighted by Gasteiger charge is 2.13. The maximum absolute atomic E-state index is 12.0. The van der Waals surface area contributed by atoms with Crippen LogP contribution in [-0.2, 0) is 16.1 Å². The summed E-state index contributed by atoms with van der Waals surface area (Å²) in [5.74, 6) is -0.118. The van der Waals surface area contributed by atoms with Gasteiger partial charge in [-0.1, -0.05) is 42.5 Å². The number of amides is 2. The Bertz CT molecular complexity index is 668. The van der Waals surface area contributed by atoms with Crippen molar-refractivity contribution in [3.63, 3.8) is 0 Å². The Morgan fingerprint density at radius 3 is 2.30 bits per heavy atom. The molecule has 0 aromatic heterocycles. The zero-order valence-corrected chi connectivity index (χ0v) is 13.6. The van der Waals surface area contributed by atoms with E-state index in [0.717, 1.165) is 16.8 Å². The first-order valence-corrected chi connectivity index (χ1v) is 7.71. The van der Waals surface area contributed by atoms with Gasteiger partial charge in [0, 0.05) is 32.1 Å². The third kappa shape index (κ3) is 5.25. The number of aryl methyl sites for hydroxylation is 1. The summed E-state index contributed by atoms with van der Waals surface area (Å²) in [4.78, 5) is 25.5. The van der Waals surface area contributed by atoms with E-state index in [0.29, 0.717) is 13.1 Å². The lowest BCUT2D eigenvalue weighted by molar-refractivity contribution is -0.129. The fourth-order valence-corrected chi connectivity index (χ4v) is 2.32. The number of rotatable bonds is 6. The summed E-state index contributed by atoms with van der Waals surface area (Å²) >= 11 is 0. The number of hydrogen-bond donors (Lipinski definition) is 1. The molecule has 0 saturated heterocycles. The molecule has 0 fully saturated rings. The second kappa shape index (κ2) is 8.13. The largest absolute Gasteiger partial charge is 0.338 e. The molecule has 2 aromatic rings. The number of nitrogens with zero attached hydrogens (tertiary/aromatic N) is 1. The Balaban J connectivity index is 1.91. The molecule has 2 rings (SSSR count). The van der Waals surface area contributed by atoms with Crippen LogP contribution in [0, 0.1) is 6.92 Å². The minimum Gasteiger partial charge on any atom is -0.338 e. The third-order valence-corrected chi connectivity index (χ3v) is 3.73. The quantitative estimate of drug-likeness (QED) is 0.889. The lowest BCUT2D eigenvalue weighted by Gasteiger charge is -2.22. The van der Waals surface area contributed by atoms with Crippen molar-refractivity contribution in [1.82, 2.24) is 4.90 Å². The van der Waals surface area contributed by atoms with Gasteiger partial charge in [0.05, 0.1) is 0 Å². The molecule has 1 N–H and O–H groups in total. The summed E-state index contributed by atoms with van der Waals surface area (Å²) in [6.45, 7) is 4.49. The maximum atomic E-state index is 12.0. The molecule has 2 aromatic carbocycles. The van der Waals surface area contributed by atoms with Gasteiger partial charge in [0.25, 0.3) is 0 Å². The van der Waals surface area contributed by atoms with Crippen molar-refractivity contribution in [2.75, 3.05) is 11.9 Å². The van der Waals surface area contributed by atoms with Gasteiger partial charge in [0.15, 0.2) is 0 Å². The molecule has 0 aliphatic rings. The third-order valence-electron chi connectivity index (χ3n) is 3.73. The van der Waals surface area contributed by atoms with Crippen LogP contribution >= 0.6 is 0 Å². The number of nitrogens with one attached hydrogen (secondary N) is 1. The van der Waals surface area contributed by atoms with Crippen molar-refractivity contribution in [3.8, 4) is 0 Å². The Morgan fingerprint density at radius 1 is 1.00 bits per heavy atom. The minimum absolute atomic E-state index is 0.0271. The molecule has 0 bridgehead atoms. The number of para-hydroxylation sites is 1. The molecule has 0 aliphatic heterocycles.